The van der Waals surface area contributed by atoms with Crippen LogP contribution in [0.15, 0.2) is 60.7 Å². The largest absolute Gasteiger partial charge is 0.445 e. The van der Waals surface area contributed by atoms with Crippen molar-refractivity contribution in [2.24, 2.45) is 5.92 Å². The van der Waals surface area contributed by atoms with Crippen molar-refractivity contribution < 1.29 is 73.8 Å². The summed E-state index contributed by atoms with van der Waals surface area (Å²) in [5, 5.41) is 84.0. The molecule has 1 aliphatic carbocycles. The molecule has 1 saturated carbocycles. The van der Waals surface area contributed by atoms with E-state index in [-0.39, 0.29) is 26.2 Å². The third-order valence-electron chi connectivity index (χ3n) is 10.1. The topological polar surface area (TPSA) is 267 Å². The molecular formula is C38H51N3O15. The smallest absolute Gasteiger partial charge is 0.407 e. The van der Waals surface area contributed by atoms with Gasteiger partial charge >= 0.3 is 12.2 Å². The highest BCUT2D eigenvalue weighted by atomic mass is 16.7. The molecular weight excluding hydrogens is 738 g/mol. The lowest BCUT2D eigenvalue weighted by atomic mass is 9.83. The molecule has 2 saturated heterocycles. The van der Waals surface area contributed by atoms with Gasteiger partial charge in [0.05, 0.1) is 25.3 Å². The second-order valence-corrected chi connectivity index (χ2v) is 14.0. The van der Waals surface area contributed by atoms with E-state index in [0.29, 0.717) is 5.56 Å². The lowest BCUT2D eigenvalue weighted by molar-refractivity contribution is -0.336. The van der Waals surface area contributed by atoms with Crippen LogP contribution in [0.1, 0.15) is 24.5 Å². The van der Waals surface area contributed by atoms with Gasteiger partial charge in [-0.2, -0.15) is 0 Å². The minimum atomic E-state index is -1.89. The average Bonchev–Trinajstić information content (AvgIpc) is 3.21. The van der Waals surface area contributed by atoms with Gasteiger partial charge in [0.1, 0.15) is 68.1 Å². The Morgan fingerprint density at radius 1 is 0.732 bits per heavy atom. The number of alkyl carbamates (subject to hydrolysis) is 2. The molecule has 308 valence electrons. The lowest BCUT2D eigenvalue weighted by Crippen LogP contribution is -2.69. The van der Waals surface area contributed by atoms with E-state index in [4.69, 9.17) is 34.8 Å². The number of rotatable bonds is 14. The van der Waals surface area contributed by atoms with Crippen molar-refractivity contribution >= 4 is 12.2 Å². The number of aliphatic hydroxyl groups excluding tert-OH is 7. The molecule has 2 heterocycles. The highest BCUT2D eigenvalue weighted by molar-refractivity contribution is 5.68. The Kier molecular flexibility index (Phi) is 15.8. The Bertz CT molecular complexity index is 1570. The number of carbonyl (C=O) groups excluding carboxylic acids is 2. The van der Waals surface area contributed by atoms with E-state index in [0.717, 1.165) is 5.56 Å². The van der Waals surface area contributed by atoms with Crippen LogP contribution in [0.3, 0.4) is 0 Å². The summed E-state index contributed by atoms with van der Waals surface area (Å²) >= 11 is 0. The van der Waals surface area contributed by atoms with Gasteiger partial charge in [-0.05, 0) is 17.5 Å². The van der Waals surface area contributed by atoms with Crippen LogP contribution in [0.2, 0.25) is 0 Å². The van der Waals surface area contributed by atoms with Crippen molar-refractivity contribution in [3.05, 3.63) is 71.8 Å². The van der Waals surface area contributed by atoms with Crippen molar-refractivity contribution in [2.45, 2.75) is 112 Å². The van der Waals surface area contributed by atoms with Gasteiger partial charge in [0, 0.05) is 18.5 Å². The Morgan fingerprint density at radius 3 is 1.88 bits per heavy atom. The fraction of sp³-hybridized carbons (Fsp3) is 0.579. The van der Waals surface area contributed by atoms with Crippen molar-refractivity contribution in [1.82, 2.24) is 16.0 Å². The highest BCUT2D eigenvalue weighted by Crippen LogP contribution is 2.34. The molecule has 3 fully saturated rings. The van der Waals surface area contributed by atoms with Gasteiger partial charge in [-0.1, -0.05) is 73.5 Å². The number of ether oxygens (including phenoxy) is 6. The molecule has 5 rings (SSSR count). The summed E-state index contributed by atoms with van der Waals surface area (Å²) in [4.78, 5) is 25.6. The third-order valence-corrected chi connectivity index (χ3v) is 10.1. The quantitative estimate of drug-likeness (QED) is 0.0949. The average molecular weight is 790 g/mol. The number of hydrogen-bond acceptors (Lipinski definition) is 16. The molecule has 6 unspecified atom stereocenters. The first-order chi connectivity index (χ1) is 26.9. The van der Waals surface area contributed by atoms with Crippen molar-refractivity contribution in [3.63, 3.8) is 0 Å². The van der Waals surface area contributed by atoms with E-state index in [1.807, 2.05) is 6.07 Å². The molecule has 15 atom stereocenters. The number of nitrogens with one attached hydrogen (secondary N) is 3. The third kappa shape index (κ3) is 10.9. The van der Waals surface area contributed by atoms with E-state index in [1.165, 1.54) is 6.92 Å². The number of aliphatic hydroxyl groups is 7. The SMILES string of the molecule is C#CCN[C@@H]1CC(NC(=O)OCc2ccccc2)[C@@H](O[C@H]2OC(CNC(=O)OCc3ccccc3)[C@@H](O)[C@H](O)C2O)[C@H](O)C1OC1O[C@H](CO)C(O)[C@@H](C)[C@H]1O. The normalized spacial score (nSPS) is 35.8. The Labute approximate surface area is 323 Å². The maximum atomic E-state index is 13.2. The summed E-state index contributed by atoms with van der Waals surface area (Å²) < 4.78 is 34.4. The highest BCUT2D eigenvalue weighted by Gasteiger charge is 2.53. The first-order valence-corrected chi connectivity index (χ1v) is 18.3. The van der Waals surface area contributed by atoms with Crippen LogP contribution in [-0.4, -0.2) is 153 Å². The van der Waals surface area contributed by atoms with Crippen LogP contribution in [-0.2, 0) is 41.6 Å². The van der Waals surface area contributed by atoms with Gasteiger partial charge in [-0.15, -0.1) is 6.42 Å². The monoisotopic (exact) mass is 789 g/mol. The number of terminal acetylenes is 1. The van der Waals surface area contributed by atoms with Crippen LogP contribution in [0.25, 0.3) is 0 Å². The molecule has 2 aliphatic heterocycles. The molecule has 2 aromatic rings. The molecule has 56 heavy (non-hydrogen) atoms. The van der Waals surface area contributed by atoms with E-state index in [1.54, 1.807) is 54.6 Å². The van der Waals surface area contributed by atoms with Crippen LogP contribution in [0.4, 0.5) is 9.59 Å². The predicted molar refractivity (Wildman–Crippen MR) is 193 cm³/mol. The maximum absolute atomic E-state index is 13.2. The first-order valence-electron chi connectivity index (χ1n) is 18.3. The minimum absolute atomic E-state index is 0.0204. The summed E-state index contributed by atoms with van der Waals surface area (Å²) in [6, 6.07) is 15.8. The van der Waals surface area contributed by atoms with Crippen molar-refractivity contribution in [3.8, 4) is 12.3 Å². The van der Waals surface area contributed by atoms with Gasteiger partial charge in [0.2, 0.25) is 0 Å². The van der Waals surface area contributed by atoms with E-state index in [2.05, 4.69) is 21.9 Å². The zero-order valence-corrected chi connectivity index (χ0v) is 30.7. The molecule has 10 N–H and O–H groups in total. The van der Waals surface area contributed by atoms with Gasteiger partial charge in [-0.3, -0.25) is 0 Å². The molecule has 18 heteroatoms. The summed E-state index contributed by atoms with van der Waals surface area (Å²) in [5.74, 6) is 1.62. The molecule has 2 amide bonds. The zero-order chi connectivity index (χ0) is 40.4. The molecule has 0 bridgehead atoms. The van der Waals surface area contributed by atoms with Crippen LogP contribution in [0.5, 0.6) is 0 Å². The predicted octanol–water partition coefficient (Wildman–Crippen LogP) is -1.78. The Hall–Kier alpha value is -3.94. The molecule has 0 radical (unpaired) electrons. The van der Waals surface area contributed by atoms with Crippen molar-refractivity contribution in [2.75, 3.05) is 19.7 Å². The van der Waals surface area contributed by atoms with Crippen LogP contribution >= 0.6 is 0 Å². The molecule has 18 nitrogen and oxygen atoms in total. The fourth-order valence-corrected chi connectivity index (χ4v) is 6.85. The van der Waals surface area contributed by atoms with E-state index < -0.39 is 117 Å². The lowest BCUT2D eigenvalue weighted by Gasteiger charge is -2.49. The number of carbonyl (C=O) groups is 2. The van der Waals surface area contributed by atoms with Gasteiger partial charge in [0.25, 0.3) is 0 Å². The van der Waals surface area contributed by atoms with E-state index in [9.17, 15) is 45.3 Å². The second-order valence-electron chi connectivity index (χ2n) is 14.0. The van der Waals surface area contributed by atoms with Crippen molar-refractivity contribution in [1.29, 1.82) is 0 Å². The van der Waals surface area contributed by atoms with Gasteiger partial charge in [0.15, 0.2) is 12.6 Å². The number of amides is 2. The molecule has 3 aliphatic rings. The molecule has 2 aromatic carbocycles. The molecule has 0 aromatic heterocycles. The first kappa shape index (κ1) is 43.2. The van der Waals surface area contributed by atoms with Crippen LogP contribution < -0.4 is 16.0 Å². The minimum Gasteiger partial charge on any atom is -0.445 e. The molecule has 0 spiro atoms. The Balaban J connectivity index is 1.35. The van der Waals surface area contributed by atoms with Gasteiger partial charge < -0.3 is 80.1 Å². The summed E-state index contributed by atoms with van der Waals surface area (Å²) in [7, 11) is 0. The van der Waals surface area contributed by atoms with Crippen LogP contribution in [0, 0.1) is 18.3 Å². The maximum Gasteiger partial charge on any atom is 0.407 e. The number of hydrogen-bond donors (Lipinski definition) is 10. The van der Waals surface area contributed by atoms with Gasteiger partial charge in [-0.25, -0.2) is 9.59 Å². The van der Waals surface area contributed by atoms with E-state index >= 15 is 0 Å². The second kappa shape index (κ2) is 20.5. The zero-order valence-electron chi connectivity index (χ0n) is 30.7. The fourth-order valence-electron chi connectivity index (χ4n) is 6.85. The Morgan fingerprint density at radius 2 is 1.29 bits per heavy atom. The summed E-state index contributed by atoms with van der Waals surface area (Å²) in [5.41, 5.74) is 1.42. The summed E-state index contributed by atoms with van der Waals surface area (Å²) in [6.07, 6.45) is -14.6. The number of benzene rings is 2. The standard InChI is InChI=1S/C38H51N3O15/c1-3-14-39-23-15-24(41-38(50)52-19-22-12-8-5-9-13-22)34(32(48)33(23)55-35-28(44)20(2)27(43)26(17-42)54-35)56-36-31(47)30(46)29(45)25(53-36)16-40-37(49)51-18-21-10-6-4-7-11-21/h1,4-13,20,23-36,39,42-48H,14-19H2,2H3,(H,40,49)(H,41,50)/t20-,23-,24?,25?,26-,27?,28-,29-,30+,31?,32-,33?,34-,35?,36-/m1/s1. The summed E-state index contributed by atoms with van der Waals surface area (Å²) in [6.45, 7) is 0.383.